The molecule has 2 aromatic rings. The SMILES string of the molecule is CC(=O)O[C@H]1c2ccc3c(c2[C@H](c2ccc4c(c2)OCCO4)[C@@H](C)[C@@H]1C)OCO3. The van der Waals surface area contributed by atoms with Crippen molar-refractivity contribution in [3.8, 4) is 23.0 Å². The van der Waals surface area contributed by atoms with Crippen LogP contribution in [0.15, 0.2) is 30.3 Å². The Balaban J connectivity index is 1.68. The summed E-state index contributed by atoms with van der Waals surface area (Å²) in [5.41, 5.74) is 3.14. The van der Waals surface area contributed by atoms with Crippen LogP contribution in [0, 0.1) is 11.8 Å². The first kappa shape index (κ1) is 18.2. The summed E-state index contributed by atoms with van der Waals surface area (Å²) in [6.45, 7) is 7.09. The first-order valence-electron chi connectivity index (χ1n) is 10.0. The van der Waals surface area contributed by atoms with Crippen LogP contribution in [0.2, 0.25) is 0 Å². The van der Waals surface area contributed by atoms with Gasteiger partial charge in [-0.1, -0.05) is 26.0 Å². The summed E-state index contributed by atoms with van der Waals surface area (Å²) in [5, 5.41) is 0. The van der Waals surface area contributed by atoms with Crippen LogP contribution >= 0.6 is 0 Å². The van der Waals surface area contributed by atoms with Crippen LogP contribution in [0.5, 0.6) is 23.0 Å². The summed E-state index contributed by atoms with van der Waals surface area (Å²) in [5.74, 6) is 3.12. The van der Waals surface area contributed by atoms with E-state index in [0.717, 1.165) is 39.7 Å². The van der Waals surface area contributed by atoms with Gasteiger partial charge in [0, 0.05) is 29.9 Å². The molecule has 29 heavy (non-hydrogen) atoms. The van der Waals surface area contributed by atoms with Gasteiger partial charge in [-0.05, 0) is 29.7 Å². The van der Waals surface area contributed by atoms with Gasteiger partial charge in [0.15, 0.2) is 23.0 Å². The summed E-state index contributed by atoms with van der Waals surface area (Å²) in [4.78, 5) is 11.8. The summed E-state index contributed by atoms with van der Waals surface area (Å²) < 4.78 is 28.8. The molecule has 6 heteroatoms. The predicted octanol–water partition coefficient (Wildman–Crippen LogP) is 4.21. The molecule has 2 aliphatic heterocycles. The minimum absolute atomic E-state index is 0.0549. The Bertz CT molecular complexity index is 968. The lowest BCUT2D eigenvalue weighted by molar-refractivity contribution is -0.151. The van der Waals surface area contributed by atoms with Crippen LogP contribution in [-0.4, -0.2) is 26.0 Å². The van der Waals surface area contributed by atoms with Gasteiger partial charge in [0.2, 0.25) is 6.79 Å². The van der Waals surface area contributed by atoms with E-state index in [1.165, 1.54) is 6.92 Å². The van der Waals surface area contributed by atoms with Crippen LogP contribution in [0.4, 0.5) is 0 Å². The van der Waals surface area contributed by atoms with Crippen molar-refractivity contribution in [2.45, 2.75) is 32.8 Å². The first-order valence-corrected chi connectivity index (χ1v) is 10.0. The molecule has 0 spiro atoms. The highest BCUT2D eigenvalue weighted by atomic mass is 16.7. The van der Waals surface area contributed by atoms with E-state index in [0.29, 0.717) is 13.2 Å². The number of ether oxygens (including phenoxy) is 5. The van der Waals surface area contributed by atoms with E-state index >= 15 is 0 Å². The second kappa shape index (κ2) is 6.87. The van der Waals surface area contributed by atoms with Gasteiger partial charge in [-0.25, -0.2) is 0 Å². The van der Waals surface area contributed by atoms with Crippen molar-refractivity contribution < 1.29 is 28.5 Å². The van der Waals surface area contributed by atoms with Crippen molar-refractivity contribution in [1.82, 2.24) is 0 Å². The molecule has 0 bridgehead atoms. The number of esters is 1. The molecule has 0 saturated heterocycles. The Morgan fingerprint density at radius 2 is 1.69 bits per heavy atom. The van der Waals surface area contributed by atoms with Gasteiger partial charge in [0.05, 0.1) is 0 Å². The summed E-state index contributed by atoms with van der Waals surface area (Å²) in [6.07, 6.45) is -0.319. The van der Waals surface area contributed by atoms with Crippen molar-refractivity contribution in [3.05, 3.63) is 47.0 Å². The second-order valence-corrected chi connectivity index (χ2v) is 7.93. The van der Waals surface area contributed by atoms with Crippen LogP contribution in [-0.2, 0) is 9.53 Å². The van der Waals surface area contributed by atoms with E-state index in [4.69, 9.17) is 23.7 Å². The van der Waals surface area contributed by atoms with Gasteiger partial charge < -0.3 is 23.7 Å². The molecule has 3 aliphatic rings. The van der Waals surface area contributed by atoms with Crippen molar-refractivity contribution in [2.24, 2.45) is 11.8 Å². The number of carbonyl (C=O) groups excluding carboxylic acids is 1. The second-order valence-electron chi connectivity index (χ2n) is 7.93. The maximum atomic E-state index is 11.8. The Hall–Kier alpha value is -2.89. The number of hydrogen-bond donors (Lipinski definition) is 0. The molecule has 0 saturated carbocycles. The lowest BCUT2D eigenvalue weighted by Crippen LogP contribution is -2.33. The smallest absolute Gasteiger partial charge is 0.303 e. The molecule has 0 amide bonds. The van der Waals surface area contributed by atoms with Gasteiger partial charge >= 0.3 is 5.97 Å². The molecule has 0 fully saturated rings. The van der Waals surface area contributed by atoms with Crippen molar-refractivity contribution in [3.63, 3.8) is 0 Å². The fourth-order valence-corrected chi connectivity index (χ4v) is 4.78. The summed E-state index contributed by atoms with van der Waals surface area (Å²) in [6, 6.07) is 10.0. The van der Waals surface area contributed by atoms with Crippen LogP contribution in [0.25, 0.3) is 0 Å². The molecule has 2 heterocycles. The largest absolute Gasteiger partial charge is 0.486 e. The molecule has 0 N–H and O–H groups in total. The molecular weight excluding hydrogens is 372 g/mol. The Morgan fingerprint density at radius 3 is 2.48 bits per heavy atom. The van der Waals surface area contributed by atoms with Gasteiger partial charge in [-0.3, -0.25) is 4.79 Å². The first-order chi connectivity index (χ1) is 14.0. The van der Waals surface area contributed by atoms with E-state index in [9.17, 15) is 4.79 Å². The van der Waals surface area contributed by atoms with E-state index < -0.39 is 0 Å². The molecule has 0 radical (unpaired) electrons. The maximum absolute atomic E-state index is 11.8. The molecule has 4 atom stereocenters. The van der Waals surface area contributed by atoms with E-state index in [1.54, 1.807) is 0 Å². The highest BCUT2D eigenvalue weighted by Crippen LogP contribution is 2.56. The molecule has 1 aliphatic carbocycles. The quantitative estimate of drug-likeness (QED) is 0.709. The van der Waals surface area contributed by atoms with E-state index in [-0.39, 0.29) is 36.6 Å². The molecule has 0 unspecified atom stereocenters. The Kier molecular flexibility index (Phi) is 4.30. The zero-order valence-corrected chi connectivity index (χ0v) is 16.8. The summed E-state index contributed by atoms with van der Waals surface area (Å²) >= 11 is 0. The monoisotopic (exact) mass is 396 g/mol. The standard InChI is InChI=1S/C23H24O6/c1-12-13(2)22(29-14(3)24)16-5-7-18-23(28-11-27-18)21(16)20(12)15-4-6-17-19(10-15)26-9-8-25-17/h4-7,10,12-13,20,22H,8-9,11H2,1-3H3/t12-,13-,20-,22+/m0/s1. The third-order valence-electron chi connectivity index (χ3n) is 6.28. The number of benzene rings is 2. The summed E-state index contributed by atoms with van der Waals surface area (Å²) in [7, 11) is 0. The molecule has 152 valence electrons. The highest BCUT2D eigenvalue weighted by Gasteiger charge is 2.44. The van der Waals surface area contributed by atoms with Crippen molar-refractivity contribution >= 4 is 5.97 Å². The van der Waals surface area contributed by atoms with Gasteiger partial charge in [-0.2, -0.15) is 0 Å². The zero-order chi connectivity index (χ0) is 20.1. The zero-order valence-electron chi connectivity index (χ0n) is 16.8. The Labute approximate surface area is 169 Å². The van der Waals surface area contributed by atoms with Gasteiger partial charge in [0.1, 0.15) is 19.3 Å². The minimum Gasteiger partial charge on any atom is -0.486 e. The fraction of sp³-hybridized carbons (Fsp3) is 0.435. The lowest BCUT2D eigenvalue weighted by Gasteiger charge is -2.41. The third-order valence-corrected chi connectivity index (χ3v) is 6.28. The van der Waals surface area contributed by atoms with E-state index in [1.807, 2.05) is 18.2 Å². The number of rotatable bonds is 2. The van der Waals surface area contributed by atoms with Crippen LogP contribution in [0.3, 0.4) is 0 Å². The van der Waals surface area contributed by atoms with Crippen LogP contribution in [0.1, 0.15) is 49.5 Å². The van der Waals surface area contributed by atoms with Crippen molar-refractivity contribution in [2.75, 3.05) is 20.0 Å². The third kappa shape index (κ3) is 2.89. The van der Waals surface area contributed by atoms with Gasteiger partial charge in [0.25, 0.3) is 0 Å². The molecule has 6 nitrogen and oxygen atoms in total. The molecule has 0 aromatic heterocycles. The molecule has 2 aromatic carbocycles. The number of fused-ring (bicyclic) bond motifs is 4. The molecule has 5 rings (SSSR count). The molecular formula is C23H24O6. The van der Waals surface area contributed by atoms with Gasteiger partial charge in [-0.15, -0.1) is 0 Å². The number of carbonyl (C=O) groups is 1. The number of hydrogen-bond acceptors (Lipinski definition) is 6. The van der Waals surface area contributed by atoms with E-state index in [2.05, 4.69) is 26.0 Å². The van der Waals surface area contributed by atoms with Crippen LogP contribution < -0.4 is 18.9 Å². The lowest BCUT2D eigenvalue weighted by atomic mass is 9.66. The predicted molar refractivity (Wildman–Crippen MR) is 105 cm³/mol. The minimum atomic E-state index is -0.319. The maximum Gasteiger partial charge on any atom is 0.303 e. The Morgan fingerprint density at radius 1 is 0.931 bits per heavy atom. The topological polar surface area (TPSA) is 63.2 Å². The fourth-order valence-electron chi connectivity index (χ4n) is 4.78. The van der Waals surface area contributed by atoms with Crippen molar-refractivity contribution in [1.29, 1.82) is 0 Å². The normalized spacial score (nSPS) is 26.6. The average Bonchev–Trinajstić information content (AvgIpc) is 3.20. The highest BCUT2D eigenvalue weighted by molar-refractivity contribution is 5.67. The average molecular weight is 396 g/mol.